The minimum Gasteiger partial charge on any atom is -0.504 e. The topological polar surface area (TPSA) is 87.5 Å². The maximum Gasteiger partial charge on any atom is 0.165 e. The number of nitrogens with one attached hydrogen (secondary N) is 1. The van der Waals surface area contributed by atoms with Gasteiger partial charge in [0.25, 0.3) is 0 Å². The molecular formula is C30H36N2O4. The van der Waals surface area contributed by atoms with Crippen LogP contribution in [0.15, 0.2) is 67.1 Å². The average Bonchev–Trinajstić information content (AvgIpc) is 3.45. The molecule has 0 bridgehead atoms. The molecule has 2 aromatic heterocycles. The number of aliphatic hydroxyl groups is 1. The summed E-state index contributed by atoms with van der Waals surface area (Å²) in [7, 11) is 0. The number of benzene rings is 2. The van der Waals surface area contributed by atoms with E-state index in [1.165, 1.54) is 11.1 Å². The van der Waals surface area contributed by atoms with Crippen molar-refractivity contribution in [3.8, 4) is 11.5 Å². The fourth-order valence-corrected chi connectivity index (χ4v) is 4.51. The molecule has 1 atom stereocenters. The average molecular weight is 489 g/mol. The van der Waals surface area contributed by atoms with E-state index in [1.54, 1.807) is 12.1 Å². The van der Waals surface area contributed by atoms with Gasteiger partial charge in [-0.3, -0.25) is 4.79 Å². The van der Waals surface area contributed by atoms with Crippen LogP contribution in [0, 0.1) is 0 Å². The Bertz CT molecular complexity index is 1260. The molecule has 6 nitrogen and oxygen atoms in total. The van der Waals surface area contributed by atoms with Crippen molar-refractivity contribution >= 4 is 16.7 Å². The molecule has 6 heteroatoms. The van der Waals surface area contributed by atoms with Crippen LogP contribution in [0.1, 0.15) is 62.1 Å². The largest absolute Gasteiger partial charge is 0.504 e. The maximum absolute atomic E-state index is 12.3. The fourth-order valence-electron chi connectivity index (χ4n) is 4.51. The van der Waals surface area contributed by atoms with E-state index in [1.807, 2.05) is 41.2 Å². The smallest absolute Gasteiger partial charge is 0.165 e. The lowest BCUT2D eigenvalue weighted by Gasteiger charge is -2.11. The molecule has 0 fully saturated rings. The summed E-state index contributed by atoms with van der Waals surface area (Å²) < 4.78 is 7.87. The molecule has 4 rings (SSSR count). The van der Waals surface area contributed by atoms with Gasteiger partial charge in [0.2, 0.25) is 0 Å². The maximum atomic E-state index is 12.3. The normalized spacial score (nSPS) is 12.2. The summed E-state index contributed by atoms with van der Waals surface area (Å²) in [5, 5.41) is 21.5. The van der Waals surface area contributed by atoms with Crippen LogP contribution in [0.2, 0.25) is 0 Å². The number of hydrogen-bond acceptors (Lipinski definition) is 4. The lowest BCUT2D eigenvalue weighted by Crippen LogP contribution is -2.14. The second-order valence-electron chi connectivity index (χ2n) is 9.54. The minimum absolute atomic E-state index is 0.0586. The molecule has 0 saturated heterocycles. The number of ether oxygens (including phenoxy) is 1. The number of Topliss-reactive ketones (excluding diaryl/α,β-unsaturated/α-hetero) is 1. The Hall–Kier alpha value is -3.51. The summed E-state index contributed by atoms with van der Waals surface area (Å²) >= 11 is 0. The number of rotatable bonds is 14. The summed E-state index contributed by atoms with van der Waals surface area (Å²) in [6, 6.07) is 15.6. The first kappa shape index (κ1) is 25.6. The van der Waals surface area contributed by atoms with Gasteiger partial charge in [-0.1, -0.05) is 62.6 Å². The van der Waals surface area contributed by atoms with Gasteiger partial charge in [-0.25, -0.2) is 0 Å². The Balaban J connectivity index is 1.31. The van der Waals surface area contributed by atoms with Crippen molar-refractivity contribution in [2.45, 2.75) is 71.1 Å². The van der Waals surface area contributed by atoms with Crippen molar-refractivity contribution in [3.05, 3.63) is 83.8 Å². The number of carbonyl (C=O) groups is 1. The molecule has 0 aliphatic heterocycles. The first-order valence-corrected chi connectivity index (χ1v) is 12.9. The molecule has 0 aliphatic rings. The Morgan fingerprint density at radius 3 is 2.72 bits per heavy atom. The van der Waals surface area contributed by atoms with Crippen molar-refractivity contribution in [2.24, 2.45) is 0 Å². The van der Waals surface area contributed by atoms with Gasteiger partial charge in [-0.05, 0) is 48.1 Å². The van der Waals surface area contributed by atoms with Crippen molar-refractivity contribution in [1.29, 1.82) is 0 Å². The number of aryl methyl sites for hydroxylation is 1. The van der Waals surface area contributed by atoms with E-state index in [0.29, 0.717) is 25.0 Å². The van der Waals surface area contributed by atoms with Gasteiger partial charge in [0.05, 0.1) is 11.6 Å². The highest BCUT2D eigenvalue weighted by molar-refractivity contribution is 5.83. The van der Waals surface area contributed by atoms with Crippen LogP contribution < -0.4 is 4.74 Å². The van der Waals surface area contributed by atoms with Crippen LogP contribution in [-0.2, 0) is 24.4 Å². The highest BCUT2D eigenvalue weighted by atomic mass is 16.5. The summed E-state index contributed by atoms with van der Waals surface area (Å²) in [6.07, 6.45) is 11.3. The molecule has 0 radical (unpaired) electrons. The SMILES string of the molecule is CCCCC[C@@H](O)CC(=O)CCc1ccc(O)c(OCn2cc3[nH]cc(Cc4ccccc4)c3c2)c1. The third-order valence-corrected chi connectivity index (χ3v) is 6.56. The number of hydrogen-bond donors (Lipinski definition) is 3. The number of nitrogens with zero attached hydrogens (tertiary/aromatic N) is 1. The van der Waals surface area contributed by atoms with E-state index in [0.717, 1.165) is 42.1 Å². The predicted octanol–water partition coefficient (Wildman–Crippen LogP) is 6.14. The van der Waals surface area contributed by atoms with Crippen LogP contribution in [0.5, 0.6) is 11.5 Å². The van der Waals surface area contributed by atoms with Crippen LogP contribution in [0.4, 0.5) is 0 Å². The number of aliphatic hydroxyl groups excluding tert-OH is 1. The summed E-state index contributed by atoms with van der Waals surface area (Å²) in [4.78, 5) is 15.6. The third kappa shape index (κ3) is 7.01. The number of H-pyrrole nitrogens is 1. The number of aromatic amines is 1. The van der Waals surface area contributed by atoms with Gasteiger partial charge in [-0.15, -0.1) is 0 Å². The number of ketones is 1. The zero-order valence-electron chi connectivity index (χ0n) is 21.0. The Morgan fingerprint density at radius 1 is 1.08 bits per heavy atom. The van der Waals surface area contributed by atoms with E-state index < -0.39 is 6.10 Å². The van der Waals surface area contributed by atoms with Crippen LogP contribution in [0.3, 0.4) is 0 Å². The van der Waals surface area contributed by atoms with Crippen molar-refractivity contribution in [3.63, 3.8) is 0 Å². The zero-order valence-corrected chi connectivity index (χ0v) is 21.0. The molecule has 2 aromatic carbocycles. The molecule has 4 aromatic rings. The number of fused-ring (bicyclic) bond motifs is 1. The molecule has 0 aliphatic carbocycles. The lowest BCUT2D eigenvalue weighted by molar-refractivity contribution is -0.121. The van der Waals surface area contributed by atoms with E-state index in [9.17, 15) is 15.0 Å². The fraction of sp³-hybridized carbons (Fsp3) is 0.367. The molecule has 36 heavy (non-hydrogen) atoms. The number of carbonyl (C=O) groups excluding carboxylic acids is 1. The molecule has 2 heterocycles. The number of aromatic hydroxyl groups is 1. The third-order valence-electron chi connectivity index (χ3n) is 6.56. The lowest BCUT2D eigenvalue weighted by atomic mass is 10.0. The first-order chi connectivity index (χ1) is 17.5. The minimum atomic E-state index is -0.552. The zero-order chi connectivity index (χ0) is 25.3. The molecule has 3 N–H and O–H groups in total. The Labute approximate surface area is 212 Å². The Kier molecular flexibility index (Phi) is 8.85. The van der Waals surface area contributed by atoms with E-state index in [-0.39, 0.29) is 24.7 Å². The molecule has 0 amide bonds. The van der Waals surface area contributed by atoms with Crippen molar-refractivity contribution in [2.75, 3.05) is 0 Å². The van der Waals surface area contributed by atoms with Gasteiger partial charge in [0.15, 0.2) is 18.2 Å². The number of unbranched alkanes of at least 4 members (excludes halogenated alkanes) is 2. The molecule has 0 saturated carbocycles. The Morgan fingerprint density at radius 2 is 1.92 bits per heavy atom. The van der Waals surface area contributed by atoms with E-state index >= 15 is 0 Å². The van der Waals surface area contributed by atoms with Crippen molar-refractivity contribution < 1.29 is 19.7 Å². The highest BCUT2D eigenvalue weighted by Crippen LogP contribution is 2.29. The highest BCUT2D eigenvalue weighted by Gasteiger charge is 2.13. The summed E-state index contributed by atoms with van der Waals surface area (Å²) in [5.41, 5.74) is 4.44. The molecule has 0 spiro atoms. The second-order valence-corrected chi connectivity index (χ2v) is 9.54. The number of aromatic nitrogens is 2. The van der Waals surface area contributed by atoms with E-state index in [4.69, 9.17) is 4.74 Å². The quantitative estimate of drug-likeness (QED) is 0.186. The van der Waals surface area contributed by atoms with Gasteiger partial charge < -0.3 is 24.5 Å². The van der Waals surface area contributed by atoms with Gasteiger partial charge in [0, 0.05) is 36.8 Å². The second kappa shape index (κ2) is 12.5. The van der Waals surface area contributed by atoms with Gasteiger partial charge in [0.1, 0.15) is 5.78 Å². The number of phenols is 1. The predicted molar refractivity (Wildman–Crippen MR) is 142 cm³/mol. The molecular weight excluding hydrogens is 452 g/mol. The first-order valence-electron chi connectivity index (χ1n) is 12.9. The van der Waals surface area contributed by atoms with Gasteiger partial charge in [-0.2, -0.15) is 0 Å². The standard InChI is InChI=1S/C30H36N2O4/c1-2-3-5-10-25(33)17-26(34)13-11-23-12-14-29(35)30(16-23)36-21-32-19-27-24(18-31-28(27)20-32)15-22-8-6-4-7-9-22/h4,6-9,12,14,16,18-20,25,31,33,35H,2-3,5,10-11,13,15,17,21H2,1H3/t25-/m1/s1. The van der Waals surface area contributed by atoms with Crippen LogP contribution in [-0.4, -0.2) is 31.7 Å². The van der Waals surface area contributed by atoms with Crippen LogP contribution in [0.25, 0.3) is 10.9 Å². The van der Waals surface area contributed by atoms with Crippen LogP contribution >= 0.6 is 0 Å². The molecule has 190 valence electrons. The monoisotopic (exact) mass is 488 g/mol. The number of phenolic OH excluding ortho intramolecular Hbond substituents is 1. The van der Waals surface area contributed by atoms with E-state index in [2.05, 4.69) is 30.2 Å². The summed E-state index contributed by atoms with van der Waals surface area (Å²) in [6.45, 7) is 2.38. The summed E-state index contributed by atoms with van der Waals surface area (Å²) in [5.74, 6) is 0.517. The van der Waals surface area contributed by atoms with Gasteiger partial charge >= 0.3 is 0 Å². The van der Waals surface area contributed by atoms with Crippen molar-refractivity contribution in [1.82, 2.24) is 9.55 Å². The molecule has 0 unspecified atom stereocenters.